The van der Waals surface area contributed by atoms with Crippen LogP contribution in [-0.2, 0) is 4.79 Å². The Hall–Kier alpha value is -1.29. The summed E-state index contributed by atoms with van der Waals surface area (Å²) >= 11 is 5.84. The van der Waals surface area contributed by atoms with Crippen molar-refractivity contribution in [3.05, 3.63) is 29.0 Å². The molecule has 1 aromatic rings. The van der Waals surface area contributed by atoms with Gasteiger partial charge in [-0.25, -0.2) is 4.39 Å². The maximum atomic E-state index is 12.9. The molecule has 0 atom stereocenters. The maximum Gasteiger partial charge on any atom is 0.223 e. The Bertz CT molecular complexity index is 475. The molecular formula is C16H21ClFNO2. The second-order valence-corrected chi connectivity index (χ2v) is 5.89. The Balaban J connectivity index is 1.64. The van der Waals surface area contributed by atoms with E-state index < -0.39 is 5.82 Å². The van der Waals surface area contributed by atoms with Crippen molar-refractivity contribution in [2.24, 2.45) is 5.92 Å². The lowest BCUT2D eigenvalue weighted by molar-refractivity contribution is -0.121. The van der Waals surface area contributed by atoms with E-state index in [0.29, 0.717) is 11.7 Å². The fourth-order valence-corrected chi connectivity index (χ4v) is 2.81. The van der Waals surface area contributed by atoms with Gasteiger partial charge in [0.25, 0.3) is 0 Å². The predicted molar refractivity (Wildman–Crippen MR) is 81.1 cm³/mol. The first kappa shape index (κ1) is 16.1. The van der Waals surface area contributed by atoms with Crippen molar-refractivity contribution < 1.29 is 13.9 Å². The lowest BCUT2D eigenvalue weighted by atomic mass is 9.89. The number of carbonyl (C=O) groups is 1. The van der Waals surface area contributed by atoms with Crippen LogP contribution in [0.5, 0.6) is 5.75 Å². The minimum absolute atomic E-state index is 0.0150. The number of benzene rings is 1. The summed E-state index contributed by atoms with van der Waals surface area (Å²) in [4.78, 5) is 11.7. The average Bonchev–Trinajstić information content (AvgIpc) is 2.48. The molecule has 0 bridgehead atoms. The highest BCUT2D eigenvalue weighted by Crippen LogP contribution is 2.25. The molecule has 0 radical (unpaired) electrons. The first-order valence-corrected chi connectivity index (χ1v) is 7.87. The van der Waals surface area contributed by atoms with Gasteiger partial charge >= 0.3 is 0 Å². The summed E-state index contributed by atoms with van der Waals surface area (Å²) in [5.41, 5.74) is 0. The first-order chi connectivity index (χ1) is 10.1. The molecule has 0 aromatic heterocycles. The van der Waals surface area contributed by atoms with Crippen molar-refractivity contribution >= 4 is 17.5 Å². The second kappa shape index (κ2) is 8.23. The van der Waals surface area contributed by atoms with Crippen LogP contribution in [0.25, 0.3) is 0 Å². The lowest BCUT2D eigenvalue weighted by Gasteiger charge is -2.21. The van der Waals surface area contributed by atoms with Crippen LogP contribution in [0, 0.1) is 11.7 Å². The van der Waals surface area contributed by atoms with E-state index in [1.807, 2.05) is 0 Å². The SMILES string of the molecule is O=C(CCOc1ccc(F)cc1Cl)NCC1CCCCC1. The molecular weight excluding hydrogens is 293 g/mol. The topological polar surface area (TPSA) is 38.3 Å². The van der Waals surface area contributed by atoms with Crippen LogP contribution in [0.4, 0.5) is 4.39 Å². The molecule has 2 rings (SSSR count). The molecule has 116 valence electrons. The second-order valence-electron chi connectivity index (χ2n) is 5.48. The third-order valence-corrected chi connectivity index (χ3v) is 4.09. The maximum absolute atomic E-state index is 12.9. The molecule has 1 N–H and O–H groups in total. The van der Waals surface area contributed by atoms with E-state index in [-0.39, 0.29) is 24.0 Å². The number of ether oxygens (including phenoxy) is 1. The van der Waals surface area contributed by atoms with Crippen LogP contribution in [0.3, 0.4) is 0 Å². The molecule has 1 aromatic carbocycles. The third-order valence-electron chi connectivity index (χ3n) is 3.79. The normalized spacial score (nSPS) is 15.7. The summed E-state index contributed by atoms with van der Waals surface area (Å²) in [6, 6.07) is 3.95. The summed E-state index contributed by atoms with van der Waals surface area (Å²) in [6.07, 6.45) is 6.56. The van der Waals surface area contributed by atoms with Gasteiger partial charge in [-0.1, -0.05) is 30.9 Å². The smallest absolute Gasteiger partial charge is 0.223 e. The van der Waals surface area contributed by atoms with Crippen molar-refractivity contribution in [2.45, 2.75) is 38.5 Å². The molecule has 0 unspecified atom stereocenters. The fourth-order valence-electron chi connectivity index (χ4n) is 2.58. The molecule has 3 nitrogen and oxygen atoms in total. The standard InChI is InChI=1S/C16H21ClFNO2/c17-14-10-13(18)6-7-15(14)21-9-8-16(20)19-11-12-4-2-1-3-5-12/h6-7,10,12H,1-5,8-9,11H2,(H,19,20). The lowest BCUT2D eigenvalue weighted by Crippen LogP contribution is -2.31. The van der Waals surface area contributed by atoms with Gasteiger partial charge in [0.05, 0.1) is 18.1 Å². The number of hydrogen-bond acceptors (Lipinski definition) is 2. The van der Waals surface area contributed by atoms with E-state index in [9.17, 15) is 9.18 Å². The first-order valence-electron chi connectivity index (χ1n) is 7.49. The molecule has 1 fully saturated rings. The summed E-state index contributed by atoms with van der Waals surface area (Å²) in [5, 5.41) is 3.17. The monoisotopic (exact) mass is 313 g/mol. The minimum atomic E-state index is -0.405. The summed E-state index contributed by atoms with van der Waals surface area (Å²) in [7, 11) is 0. The summed E-state index contributed by atoms with van der Waals surface area (Å²) < 4.78 is 18.3. The molecule has 1 amide bonds. The summed E-state index contributed by atoms with van der Waals surface area (Å²) in [5.74, 6) is 0.602. The van der Waals surface area contributed by atoms with Gasteiger partial charge in [0.15, 0.2) is 0 Å². The summed E-state index contributed by atoms with van der Waals surface area (Å²) in [6.45, 7) is 0.998. The van der Waals surface area contributed by atoms with Gasteiger partial charge in [-0.3, -0.25) is 4.79 Å². The van der Waals surface area contributed by atoms with Crippen molar-refractivity contribution in [2.75, 3.05) is 13.2 Å². The van der Waals surface area contributed by atoms with Gasteiger partial charge in [0, 0.05) is 6.54 Å². The van der Waals surface area contributed by atoms with Crippen molar-refractivity contribution in [1.29, 1.82) is 0 Å². The minimum Gasteiger partial charge on any atom is -0.491 e. The van der Waals surface area contributed by atoms with Crippen molar-refractivity contribution in [3.63, 3.8) is 0 Å². The highest BCUT2D eigenvalue weighted by Gasteiger charge is 2.14. The van der Waals surface area contributed by atoms with Crippen LogP contribution in [0.1, 0.15) is 38.5 Å². The van der Waals surface area contributed by atoms with E-state index in [1.165, 1.54) is 50.3 Å². The quantitative estimate of drug-likeness (QED) is 0.863. The molecule has 1 saturated carbocycles. The van der Waals surface area contributed by atoms with Crippen LogP contribution >= 0.6 is 11.6 Å². The molecule has 0 spiro atoms. The van der Waals surface area contributed by atoms with Crippen LogP contribution < -0.4 is 10.1 Å². The van der Waals surface area contributed by atoms with Gasteiger partial charge < -0.3 is 10.1 Å². The number of rotatable bonds is 6. The zero-order chi connectivity index (χ0) is 15.1. The number of amides is 1. The number of nitrogens with one attached hydrogen (secondary N) is 1. The molecule has 1 aliphatic carbocycles. The molecule has 5 heteroatoms. The largest absolute Gasteiger partial charge is 0.491 e. The zero-order valence-corrected chi connectivity index (χ0v) is 12.8. The van der Waals surface area contributed by atoms with E-state index >= 15 is 0 Å². The molecule has 0 saturated heterocycles. The average molecular weight is 314 g/mol. The van der Waals surface area contributed by atoms with Gasteiger partial charge in [-0.15, -0.1) is 0 Å². The molecule has 1 aliphatic rings. The van der Waals surface area contributed by atoms with E-state index in [0.717, 1.165) is 6.54 Å². The van der Waals surface area contributed by atoms with E-state index in [2.05, 4.69) is 5.32 Å². The van der Waals surface area contributed by atoms with E-state index in [4.69, 9.17) is 16.3 Å². The van der Waals surface area contributed by atoms with Crippen molar-refractivity contribution in [3.8, 4) is 5.75 Å². The highest BCUT2D eigenvalue weighted by atomic mass is 35.5. The predicted octanol–water partition coefficient (Wildman–Crippen LogP) is 3.94. The number of carbonyl (C=O) groups excluding carboxylic acids is 1. The number of halogens is 2. The van der Waals surface area contributed by atoms with Gasteiger partial charge in [-0.05, 0) is 37.0 Å². The van der Waals surface area contributed by atoms with Crippen LogP contribution in [-0.4, -0.2) is 19.1 Å². The third kappa shape index (κ3) is 5.54. The Morgan fingerprint density at radius 1 is 1.33 bits per heavy atom. The Morgan fingerprint density at radius 3 is 2.81 bits per heavy atom. The zero-order valence-electron chi connectivity index (χ0n) is 12.0. The molecule has 21 heavy (non-hydrogen) atoms. The van der Waals surface area contributed by atoms with Crippen molar-refractivity contribution in [1.82, 2.24) is 5.32 Å². The Labute approximate surface area is 129 Å². The van der Waals surface area contributed by atoms with Crippen LogP contribution in [0.2, 0.25) is 5.02 Å². The van der Waals surface area contributed by atoms with Crippen LogP contribution in [0.15, 0.2) is 18.2 Å². The highest BCUT2D eigenvalue weighted by molar-refractivity contribution is 6.32. The van der Waals surface area contributed by atoms with E-state index in [1.54, 1.807) is 0 Å². The van der Waals surface area contributed by atoms with Gasteiger partial charge in [0.1, 0.15) is 11.6 Å². The van der Waals surface area contributed by atoms with Gasteiger partial charge in [0.2, 0.25) is 5.91 Å². The number of hydrogen-bond donors (Lipinski definition) is 1. The Morgan fingerprint density at radius 2 is 2.10 bits per heavy atom. The fraction of sp³-hybridized carbons (Fsp3) is 0.562. The Kier molecular flexibility index (Phi) is 6.30. The molecule has 0 aliphatic heterocycles. The molecule has 0 heterocycles. The van der Waals surface area contributed by atoms with Gasteiger partial charge in [-0.2, -0.15) is 0 Å².